The summed E-state index contributed by atoms with van der Waals surface area (Å²) in [5.41, 5.74) is 5.99. The number of carbonyl (C=O) groups is 1. The second-order valence-electron chi connectivity index (χ2n) is 3.88. The molecule has 1 aliphatic heterocycles. The molecule has 18 heavy (non-hydrogen) atoms. The van der Waals surface area contributed by atoms with Crippen LogP contribution in [0.25, 0.3) is 0 Å². The Balaban J connectivity index is 2.08. The third-order valence-electron chi connectivity index (χ3n) is 2.71. The molecule has 3 N–H and O–H groups in total. The van der Waals surface area contributed by atoms with Crippen LogP contribution >= 0.6 is 0 Å². The Labute approximate surface area is 104 Å². The maximum Gasteiger partial charge on any atom is 0.255 e. The van der Waals surface area contributed by atoms with E-state index in [2.05, 4.69) is 10.1 Å². The smallest absolute Gasteiger partial charge is 0.255 e. The molecule has 1 fully saturated rings. The summed E-state index contributed by atoms with van der Waals surface area (Å²) in [5, 5.41) is 11.5. The fourth-order valence-electron chi connectivity index (χ4n) is 1.75. The fraction of sp³-hybridized carbons (Fsp3) is 0.364. The van der Waals surface area contributed by atoms with Crippen LogP contribution in [-0.4, -0.2) is 52.6 Å². The zero-order valence-electron chi connectivity index (χ0n) is 9.69. The van der Waals surface area contributed by atoms with Gasteiger partial charge in [0.25, 0.3) is 5.91 Å². The zero-order valence-corrected chi connectivity index (χ0v) is 9.69. The van der Waals surface area contributed by atoms with Crippen molar-refractivity contribution in [2.75, 3.05) is 19.7 Å². The van der Waals surface area contributed by atoms with E-state index in [-0.39, 0.29) is 18.3 Å². The van der Waals surface area contributed by atoms with Gasteiger partial charge in [0.15, 0.2) is 5.84 Å². The molecule has 1 aliphatic rings. The van der Waals surface area contributed by atoms with Crippen molar-refractivity contribution in [3.63, 3.8) is 0 Å². The van der Waals surface area contributed by atoms with Crippen molar-refractivity contribution in [1.29, 1.82) is 0 Å². The fourth-order valence-corrected chi connectivity index (χ4v) is 1.75. The van der Waals surface area contributed by atoms with E-state index in [1.165, 1.54) is 6.20 Å². The number of hydrogen-bond donors (Lipinski definition) is 2. The van der Waals surface area contributed by atoms with Gasteiger partial charge in [-0.2, -0.15) is 0 Å². The summed E-state index contributed by atoms with van der Waals surface area (Å²) in [6, 6.07) is 3.40. The van der Waals surface area contributed by atoms with Crippen LogP contribution in [0.5, 0.6) is 0 Å². The van der Waals surface area contributed by atoms with Crippen LogP contribution in [0.3, 0.4) is 0 Å². The minimum atomic E-state index is -0.565. The zero-order chi connectivity index (χ0) is 13.0. The third kappa shape index (κ3) is 2.57. The van der Waals surface area contributed by atoms with E-state index in [9.17, 15) is 4.79 Å². The van der Waals surface area contributed by atoms with E-state index in [4.69, 9.17) is 15.7 Å². The molecule has 1 aromatic heterocycles. The van der Waals surface area contributed by atoms with E-state index >= 15 is 0 Å². The van der Waals surface area contributed by atoms with E-state index in [1.807, 2.05) is 0 Å². The largest absolute Gasteiger partial charge is 0.409 e. The van der Waals surface area contributed by atoms with Gasteiger partial charge in [-0.25, -0.2) is 0 Å². The summed E-state index contributed by atoms with van der Waals surface area (Å²) in [6.07, 6.45) is 2.55. The Hall–Kier alpha value is -2.15. The van der Waals surface area contributed by atoms with Crippen molar-refractivity contribution in [2.24, 2.45) is 10.9 Å². The number of morpholine rings is 1. The molecule has 0 aromatic carbocycles. The quantitative estimate of drug-likeness (QED) is 0.324. The van der Waals surface area contributed by atoms with Crippen molar-refractivity contribution in [3.05, 3.63) is 30.1 Å². The number of hydrogen-bond acceptors (Lipinski definition) is 5. The van der Waals surface area contributed by atoms with Gasteiger partial charge < -0.3 is 20.6 Å². The van der Waals surface area contributed by atoms with Crippen LogP contribution in [0.2, 0.25) is 0 Å². The molecule has 7 nitrogen and oxygen atoms in total. The Morgan fingerprint density at radius 2 is 2.50 bits per heavy atom. The van der Waals surface area contributed by atoms with Gasteiger partial charge in [0.2, 0.25) is 0 Å². The maximum atomic E-state index is 12.1. The van der Waals surface area contributed by atoms with Crippen molar-refractivity contribution in [3.8, 4) is 0 Å². The van der Waals surface area contributed by atoms with Crippen LogP contribution in [0.1, 0.15) is 10.4 Å². The first kappa shape index (κ1) is 12.3. The molecule has 1 atom stereocenters. The van der Waals surface area contributed by atoms with Gasteiger partial charge in [0.05, 0.1) is 18.7 Å². The first-order valence-corrected chi connectivity index (χ1v) is 5.50. The van der Waals surface area contributed by atoms with Gasteiger partial charge in [-0.3, -0.25) is 9.78 Å². The Morgan fingerprint density at radius 3 is 3.17 bits per heavy atom. The van der Waals surface area contributed by atoms with Gasteiger partial charge in [0.1, 0.15) is 6.10 Å². The van der Waals surface area contributed by atoms with Crippen molar-refractivity contribution in [1.82, 2.24) is 9.88 Å². The monoisotopic (exact) mass is 250 g/mol. The molecular formula is C11H14N4O3. The molecule has 1 amide bonds. The number of nitrogens with zero attached hydrogens (tertiary/aromatic N) is 3. The lowest BCUT2D eigenvalue weighted by atomic mass is 10.2. The average molecular weight is 250 g/mol. The molecule has 1 aromatic rings. The third-order valence-corrected chi connectivity index (χ3v) is 2.71. The highest BCUT2D eigenvalue weighted by Gasteiger charge is 2.27. The number of carbonyl (C=O) groups excluding carboxylic acids is 1. The van der Waals surface area contributed by atoms with E-state index in [1.54, 1.807) is 23.2 Å². The van der Waals surface area contributed by atoms with Gasteiger partial charge in [0, 0.05) is 18.9 Å². The van der Waals surface area contributed by atoms with Crippen LogP contribution in [0, 0.1) is 0 Å². The van der Waals surface area contributed by atoms with Gasteiger partial charge in [-0.15, -0.1) is 0 Å². The molecule has 96 valence electrons. The summed E-state index contributed by atoms with van der Waals surface area (Å²) in [4.78, 5) is 17.6. The van der Waals surface area contributed by atoms with Crippen molar-refractivity contribution in [2.45, 2.75) is 6.10 Å². The normalized spacial score (nSPS) is 20.8. The van der Waals surface area contributed by atoms with Gasteiger partial charge in [-0.05, 0) is 12.1 Å². The second kappa shape index (κ2) is 5.46. The summed E-state index contributed by atoms with van der Waals surface area (Å²) in [5.74, 6) is -0.166. The van der Waals surface area contributed by atoms with Gasteiger partial charge in [-0.1, -0.05) is 5.16 Å². The molecule has 7 heteroatoms. The minimum Gasteiger partial charge on any atom is -0.409 e. The molecule has 1 unspecified atom stereocenters. The van der Waals surface area contributed by atoms with Crippen molar-refractivity contribution < 1.29 is 14.7 Å². The summed E-state index contributed by atoms with van der Waals surface area (Å²) >= 11 is 0. The number of rotatable bonds is 2. The highest BCUT2D eigenvalue weighted by molar-refractivity contribution is 5.94. The number of nitrogens with two attached hydrogens (primary N) is 1. The maximum absolute atomic E-state index is 12.1. The number of ether oxygens (including phenoxy) is 1. The Bertz CT molecular complexity index is 449. The summed E-state index contributed by atoms with van der Waals surface area (Å²) in [6.45, 7) is 1.10. The topological polar surface area (TPSA) is 101 Å². The standard InChI is InChI=1S/C11H14N4O3/c12-10(14-17)9-7-15(4-5-18-9)11(16)8-2-1-3-13-6-8/h1-3,6,9,17H,4-5,7H2,(H2,12,14). The molecular weight excluding hydrogens is 236 g/mol. The summed E-state index contributed by atoms with van der Waals surface area (Å²) in [7, 11) is 0. The first-order valence-electron chi connectivity index (χ1n) is 5.50. The molecule has 0 bridgehead atoms. The van der Waals surface area contributed by atoms with Crippen LogP contribution < -0.4 is 5.73 Å². The van der Waals surface area contributed by atoms with E-state index in [0.29, 0.717) is 18.7 Å². The predicted octanol–water partition coefficient (Wildman–Crippen LogP) is -0.331. The van der Waals surface area contributed by atoms with Crippen LogP contribution in [-0.2, 0) is 4.74 Å². The second-order valence-corrected chi connectivity index (χ2v) is 3.88. The van der Waals surface area contributed by atoms with Crippen LogP contribution in [0.4, 0.5) is 0 Å². The SMILES string of the molecule is NC(=NO)C1CN(C(=O)c2cccnc2)CCO1. The van der Waals surface area contributed by atoms with E-state index in [0.717, 1.165) is 0 Å². The lowest BCUT2D eigenvalue weighted by molar-refractivity contribution is 0.00674. The highest BCUT2D eigenvalue weighted by atomic mass is 16.5. The van der Waals surface area contributed by atoms with E-state index < -0.39 is 6.10 Å². The number of oxime groups is 1. The molecule has 0 saturated carbocycles. The molecule has 0 aliphatic carbocycles. The first-order chi connectivity index (χ1) is 8.72. The van der Waals surface area contributed by atoms with Crippen molar-refractivity contribution >= 4 is 11.7 Å². The number of pyridine rings is 1. The predicted molar refractivity (Wildman–Crippen MR) is 63.3 cm³/mol. The molecule has 2 rings (SSSR count). The summed E-state index contributed by atoms with van der Waals surface area (Å²) < 4.78 is 5.32. The molecule has 1 saturated heterocycles. The number of amides is 1. The number of aromatic nitrogens is 1. The number of amidine groups is 1. The molecule has 2 heterocycles. The molecule has 0 spiro atoms. The Morgan fingerprint density at radius 1 is 1.67 bits per heavy atom. The average Bonchev–Trinajstić information content (AvgIpc) is 2.46. The minimum absolute atomic E-state index is 0.0290. The van der Waals surface area contributed by atoms with Crippen LogP contribution in [0.15, 0.2) is 29.7 Å². The molecule has 0 radical (unpaired) electrons. The highest BCUT2D eigenvalue weighted by Crippen LogP contribution is 2.10. The van der Waals surface area contributed by atoms with Gasteiger partial charge >= 0.3 is 0 Å². The lowest BCUT2D eigenvalue weighted by Crippen LogP contribution is -2.50. The lowest BCUT2D eigenvalue weighted by Gasteiger charge is -2.32. The Kier molecular flexibility index (Phi) is 3.73.